The molecule has 2 N–H and O–H groups in total. The van der Waals surface area contributed by atoms with E-state index in [1.54, 1.807) is 12.1 Å². The Kier molecular flexibility index (Phi) is 2.54. The maximum atomic E-state index is 10.6. The van der Waals surface area contributed by atoms with Crippen LogP contribution < -0.4 is 0 Å². The van der Waals surface area contributed by atoms with Crippen molar-refractivity contribution in [2.24, 2.45) is 0 Å². The van der Waals surface area contributed by atoms with Crippen molar-refractivity contribution in [2.45, 2.75) is 6.42 Å². The number of fused-ring (bicyclic) bond motifs is 1. The average Bonchev–Trinajstić information content (AvgIpc) is 2.51. The van der Waals surface area contributed by atoms with Gasteiger partial charge in [-0.2, -0.15) is 0 Å². The molecule has 0 aliphatic rings. The molecule has 0 aliphatic carbocycles. The number of aromatic amines is 1. The lowest BCUT2D eigenvalue weighted by Gasteiger charge is -2.01. The molecule has 1 aromatic carbocycles. The molecule has 0 aliphatic heterocycles. The third-order valence-electron chi connectivity index (χ3n) is 2.00. The summed E-state index contributed by atoms with van der Waals surface area (Å²) in [4.78, 5) is 17.4. The summed E-state index contributed by atoms with van der Waals surface area (Å²) in [5, 5.41) is 9.33. The van der Waals surface area contributed by atoms with Gasteiger partial charge in [-0.15, -0.1) is 0 Å². The molecule has 2 aromatic rings. The Labute approximate surface area is 94.8 Å². The molecule has 0 saturated heterocycles. The number of imidazole rings is 1. The highest BCUT2D eigenvalue weighted by Gasteiger charge is 2.13. The Morgan fingerprint density at radius 2 is 2.20 bits per heavy atom. The third-order valence-corrected chi connectivity index (χ3v) is 2.53. The van der Waals surface area contributed by atoms with Crippen molar-refractivity contribution in [3.8, 4) is 0 Å². The standard InChI is InChI=1S/C9H6Cl2N2O2/c10-5-1-2-6-8(13-9(11)12-6)4(5)3-7(14)15/h1-2H,3H2,(H,12,13)(H,14,15). The second-order valence-corrected chi connectivity index (χ2v) is 3.79. The number of benzene rings is 1. The zero-order valence-corrected chi connectivity index (χ0v) is 8.93. The van der Waals surface area contributed by atoms with Crippen molar-refractivity contribution in [3.05, 3.63) is 28.0 Å². The summed E-state index contributed by atoms with van der Waals surface area (Å²) in [5.74, 6) is -0.955. The van der Waals surface area contributed by atoms with Crippen LogP contribution in [0.5, 0.6) is 0 Å². The summed E-state index contributed by atoms with van der Waals surface area (Å²) < 4.78 is 0. The highest BCUT2D eigenvalue weighted by molar-refractivity contribution is 6.33. The number of aromatic nitrogens is 2. The van der Waals surface area contributed by atoms with Crippen LogP contribution in [0.1, 0.15) is 5.56 Å². The van der Waals surface area contributed by atoms with Gasteiger partial charge in [-0.1, -0.05) is 11.6 Å². The lowest BCUT2D eigenvalue weighted by Crippen LogP contribution is -2.01. The van der Waals surface area contributed by atoms with E-state index < -0.39 is 5.97 Å². The number of aliphatic carboxylic acids is 1. The number of rotatable bonds is 2. The predicted octanol–water partition coefficient (Wildman–Crippen LogP) is 2.50. The summed E-state index contributed by atoms with van der Waals surface area (Å²) in [6.45, 7) is 0. The molecule has 15 heavy (non-hydrogen) atoms. The molecule has 6 heteroatoms. The molecule has 0 amide bonds. The van der Waals surface area contributed by atoms with Crippen LogP contribution in [-0.2, 0) is 11.2 Å². The predicted molar refractivity (Wildman–Crippen MR) is 57.5 cm³/mol. The average molecular weight is 245 g/mol. The quantitative estimate of drug-likeness (QED) is 0.854. The first-order valence-corrected chi connectivity index (χ1v) is 4.88. The van der Waals surface area contributed by atoms with Gasteiger partial charge in [0.2, 0.25) is 5.28 Å². The first kappa shape index (κ1) is 10.3. The number of hydrogen-bond acceptors (Lipinski definition) is 2. The van der Waals surface area contributed by atoms with Crippen LogP contribution in [0.3, 0.4) is 0 Å². The first-order valence-electron chi connectivity index (χ1n) is 4.12. The van der Waals surface area contributed by atoms with E-state index in [1.165, 1.54) is 0 Å². The molecule has 2 rings (SSSR count). The molecule has 78 valence electrons. The van der Waals surface area contributed by atoms with Crippen molar-refractivity contribution in [3.63, 3.8) is 0 Å². The second kappa shape index (κ2) is 3.72. The Balaban J connectivity index is 2.67. The number of nitrogens with one attached hydrogen (secondary N) is 1. The smallest absolute Gasteiger partial charge is 0.307 e. The maximum Gasteiger partial charge on any atom is 0.307 e. The summed E-state index contributed by atoms with van der Waals surface area (Å²) in [6.07, 6.45) is -0.169. The zero-order chi connectivity index (χ0) is 11.0. The molecule has 1 aromatic heterocycles. The monoisotopic (exact) mass is 244 g/mol. The molecule has 0 fully saturated rings. The topological polar surface area (TPSA) is 66.0 Å². The lowest BCUT2D eigenvalue weighted by molar-refractivity contribution is -0.136. The van der Waals surface area contributed by atoms with Crippen LogP contribution in [0.2, 0.25) is 10.3 Å². The van der Waals surface area contributed by atoms with E-state index in [4.69, 9.17) is 28.3 Å². The highest BCUT2D eigenvalue weighted by Crippen LogP contribution is 2.26. The SMILES string of the molecule is O=C(O)Cc1c(Cl)ccc2[nH]c(Cl)nc12. The number of carbonyl (C=O) groups is 1. The van der Waals surface area contributed by atoms with E-state index in [1.807, 2.05) is 0 Å². The van der Waals surface area contributed by atoms with Gasteiger partial charge in [0.25, 0.3) is 0 Å². The Morgan fingerprint density at radius 3 is 2.87 bits per heavy atom. The normalized spacial score (nSPS) is 10.8. The first-order chi connectivity index (χ1) is 7.08. The van der Waals surface area contributed by atoms with Gasteiger partial charge in [0, 0.05) is 10.6 Å². The zero-order valence-electron chi connectivity index (χ0n) is 7.42. The number of carboxylic acid groups (broad SMARTS) is 1. The second-order valence-electron chi connectivity index (χ2n) is 3.02. The van der Waals surface area contributed by atoms with E-state index >= 15 is 0 Å². The van der Waals surface area contributed by atoms with Crippen LogP contribution in [-0.4, -0.2) is 21.0 Å². The lowest BCUT2D eigenvalue weighted by atomic mass is 10.1. The molecule has 4 nitrogen and oxygen atoms in total. The number of hydrogen-bond donors (Lipinski definition) is 2. The fourth-order valence-electron chi connectivity index (χ4n) is 1.40. The Morgan fingerprint density at radius 1 is 1.47 bits per heavy atom. The van der Waals surface area contributed by atoms with Crippen molar-refractivity contribution in [2.75, 3.05) is 0 Å². The third kappa shape index (κ3) is 1.91. The van der Waals surface area contributed by atoms with E-state index in [-0.39, 0.29) is 11.7 Å². The van der Waals surface area contributed by atoms with Crippen LogP contribution >= 0.6 is 23.2 Å². The van der Waals surface area contributed by atoms with Gasteiger partial charge in [-0.3, -0.25) is 4.79 Å². The van der Waals surface area contributed by atoms with Crippen LogP contribution in [0.25, 0.3) is 11.0 Å². The highest BCUT2D eigenvalue weighted by atomic mass is 35.5. The van der Waals surface area contributed by atoms with Crippen molar-refractivity contribution < 1.29 is 9.90 Å². The van der Waals surface area contributed by atoms with Crippen molar-refractivity contribution in [1.29, 1.82) is 0 Å². The molecule has 0 atom stereocenters. The summed E-state index contributed by atoms with van der Waals surface area (Å²) in [7, 11) is 0. The van der Waals surface area contributed by atoms with Crippen LogP contribution in [0.15, 0.2) is 12.1 Å². The molecule has 0 unspecified atom stereocenters. The summed E-state index contributed by atoms with van der Waals surface area (Å²) >= 11 is 11.6. The minimum absolute atomic E-state index is 0.169. The molecule has 0 spiro atoms. The van der Waals surface area contributed by atoms with Gasteiger partial charge in [0.1, 0.15) is 0 Å². The molecule has 0 saturated carbocycles. The fourth-order valence-corrected chi connectivity index (χ4v) is 1.80. The van der Waals surface area contributed by atoms with E-state index in [0.29, 0.717) is 21.6 Å². The number of halogens is 2. The van der Waals surface area contributed by atoms with Crippen molar-refractivity contribution >= 4 is 40.2 Å². The van der Waals surface area contributed by atoms with Gasteiger partial charge in [-0.05, 0) is 23.7 Å². The molecule has 1 heterocycles. The molecular weight excluding hydrogens is 239 g/mol. The van der Waals surface area contributed by atoms with Gasteiger partial charge in [0.05, 0.1) is 17.5 Å². The fraction of sp³-hybridized carbons (Fsp3) is 0.111. The Hall–Kier alpha value is -1.26. The molecular formula is C9H6Cl2N2O2. The minimum Gasteiger partial charge on any atom is -0.481 e. The van der Waals surface area contributed by atoms with Gasteiger partial charge >= 0.3 is 5.97 Å². The van der Waals surface area contributed by atoms with Gasteiger partial charge < -0.3 is 10.1 Å². The molecule has 0 radical (unpaired) electrons. The van der Waals surface area contributed by atoms with Crippen molar-refractivity contribution in [1.82, 2.24) is 9.97 Å². The minimum atomic E-state index is -0.955. The number of nitrogens with zero attached hydrogens (tertiary/aromatic N) is 1. The Bertz CT molecular complexity index is 536. The van der Waals surface area contributed by atoms with Crippen LogP contribution in [0, 0.1) is 0 Å². The van der Waals surface area contributed by atoms with Crippen LogP contribution in [0.4, 0.5) is 0 Å². The number of carboxylic acids is 1. The summed E-state index contributed by atoms with van der Waals surface area (Å²) in [6, 6.07) is 3.33. The van der Waals surface area contributed by atoms with Gasteiger partial charge in [0.15, 0.2) is 0 Å². The molecule has 0 bridgehead atoms. The van der Waals surface area contributed by atoms with E-state index in [9.17, 15) is 4.79 Å². The number of H-pyrrole nitrogens is 1. The van der Waals surface area contributed by atoms with E-state index in [2.05, 4.69) is 9.97 Å². The summed E-state index contributed by atoms with van der Waals surface area (Å²) in [5.41, 5.74) is 1.67. The van der Waals surface area contributed by atoms with E-state index in [0.717, 1.165) is 0 Å². The maximum absolute atomic E-state index is 10.6. The van der Waals surface area contributed by atoms with Gasteiger partial charge in [-0.25, -0.2) is 4.98 Å². The largest absolute Gasteiger partial charge is 0.481 e.